The lowest BCUT2D eigenvalue weighted by atomic mass is 9.30. The molecule has 0 saturated heterocycles. The second-order valence-electron chi connectivity index (χ2n) is 30.9. The van der Waals surface area contributed by atoms with Gasteiger partial charge in [-0.15, -0.1) is 0 Å². The van der Waals surface area contributed by atoms with Gasteiger partial charge >= 0.3 is 0 Å². The third-order valence-electron chi connectivity index (χ3n) is 23.2. The van der Waals surface area contributed by atoms with Gasteiger partial charge in [0.25, 0.3) is 13.4 Å². The summed E-state index contributed by atoms with van der Waals surface area (Å²) >= 11 is 0. The van der Waals surface area contributed by atoms with Crippen molar-refractivity contribution in [3.63, 3.8) is 0 Å². The van der Waals surface area contributed by atoms with Crippen LogP contribution in [0, 0.1) is 27.7 Å². The zero-order valence-electron chi connectivity index (χ0n) is 57.4. The molecule has 6 nitrogen and oxygen atoms in total. The Labute approximate surface area is 563 Å². The minimum Gasteiger partial charge on any atom is -0.458 e. The van der Waals surface area contributed by atoms with Crippen LogP contribution in [0.1, 0.15) is 144 Å². The molecule has 11 aromatic rings. The van der Waals surface area contributed by atoms with Crippen LogP contribution in [0.3, 0.4) is 0 Å². The maximum atomic E-state index is 7.91. The zero-order chi connectivity index (χ0) is 65.4. The highest BCUT2D eigenvalue weighted by Gasteiger charge is 2.50. The molecule has 8 heteroatoms. The van der Waals surface area contributed by atoms with Crippen LogP contribution in [0.25, 0.3) is 27.9 Å². The largest absolute Gasteiger partial charge is 0.458 e. The normalized spacial score (nSPS) is 17.8. The highest BCUT2D eigenvalue weighted by atomic mass is 16.5. The first-order valence-corrected chi connectivity index (χ1v) is 35.0. The average molecular weight is 1240 g/mol. The van der Waals surface area contributed by atoms with E-state index in [0.29, 0.717) is 0 Å². The summed E-state index contributed by atoms with van der Waals surface area (Å²) in [5.74, 6) is 2.98. The van der Waals surface area contributed by atoms with E-state index in [1.807, 2.05) is 0 Å². The monoisotopic (exact) mass is 1240 g/mol. The molecule has 17 rings (SSSR count). The van der Waals surface area contributed by atoms with Crippen molar-refractivity contribution in [2.45, 2.75) is 150 Å². The Balaban J connectivity index is 0.974. The Morgan fingerprint density at radius 1 is 0.400 bits per heavy atom. The van der Waals surface area contributed by atoms with Gasteiger partial charge in [-0.25, -0.2) is 0 Å². The molecule has 0 spiro atoms. The van der Waals surface area contributed by atoms with Crippen LogP contribution < -0.4 is 57.9 Å². The number of ether oxygens (including phenoxy) is 1. The molecule has 4 aliphatic heterocycles. The van der Waals surface area contributed by atoms with Gasteiger partial charge < -0.3 is 24.8 Å². The molecule has 1 unspecified atom stereocenters. The van der Waals surface area contributed by atoms with E-state index in [1.54, 1.807) is 0 Å². The number of nitrogens with zero attached hydrogens (tertiary/aromatic N) is 4. The van der Waals surface area contributed by atoms with Crippen molar-refractivity contribution in [1.82, 2.24) is 4.57 Å². The number of rotatable bonds is 9. The van der Waals surface area contributed by atoms with Gasteiger partial charge in [-0.1, -0.05) is 164 Å². The van der Waals surface area contributed by atoms with Crippen molar-refractivity contribution in [3.05, 3.63) is 250 Å². The molecular weight excluding hydrogens is 1150 g/mol. The summed E-state index contributed by atoms with van der Waals surface area (Å²) in [5.41, 5.74) is 41.5. The number of anilines is 9. The lowest BCUT2D eigenvalue weighted by Gasteiger charge is -2.46. The Morgan fingerprint density at radius 2 is 0.916 bits per heavy atom. The van der Waals surface area contributed by atoms with E-state index in [4.69, 9.17) is 10.5 Å². The summed E-state index contributed by atoms with van der Waals surface area (Å²) in [4.78, 5) is 7.81. The number of aryl methyl sites for hydroxylation is 5. The topological polar surface area (TPSA) is 49.9 Å². The Morgan fingerprint density at radius 3 is 1.55 bits per heavy atom. The van der Waals surface area contributed by atoms with Crippen molar-refractivity contribution >= 4 is 97.5 Å². The van der Waals surface area contributed by atoms with Crippen molar-refractivity contribution in [2.24, 2.45) is 5.73 Å². The molecular formula is C87H85B2N5O. The maximum absolute atomic E-state index is 7.91. The summed E-state index contributed by atoms with van der Waals surface area (Å²) in [5, 5.41) is 0. The van der Waals surface area contributed by atoms with Crippen LogP contribution in [0.2, 0.25) is 0 Å². The second-order valence-corrected chi connectivity index (χ2v) is 30.9. The van der Waals surface area contributed by atoms with E-state index in [1.165, 1.54) is 128 Å². The lowest BCUT2D eigenvalue weighted by molar-refractivity contribution is 0.319. The average Bonchev–Trinajstić information content (AvgIpc) is 1.60. The standard InChI is InChI=1S/C87H85B2N5O/c1-13-14-29-61-50-71-83(91(61)59-30-17-15-18-31-59)94(63-37-38-64-66(48-63)86(10,11)41-40-84(64,6)7)76-46-58(80-55(4)27-24-28-56(80)5)47-78-82(76)89(71)70-51-69-73(52-77(70)95-78)92(60-32-19-16-20-33-60)74-44-57(79-53(2)25-23-26-54(79)3)45-75-81(74)88(69)68-34-21-22-35-72(68)93(75)62-36-39-65-67(49-62)87(12,90)43-42-85(65,8)9/h15-28,30-39,44-52H,13-14,29,40-43,90H2,1-12H3. The van der Waals surface area contributed by atoms with E-state index in [-0.39, 0.29) is 29.7 Å². The molecule has 2 N–H and O–H groups in total. The summed E-state index contributed by atoms with van der Waals surface area (Å²) in [7, 11) is 0. The summed E-state index contributed by atoms with van der Waals surface area (Å²) in [6.07, 6.45) is 7.34. The third kappa shape index (κ3) is 9.02. The number of aromatic nitrogens is 1. The van der Waals surface area contributed by atoms with Gasteiger partial charge in [-0.2, -0.15) is 0 Å². The highest BCUT2D eigenvalue weighted by molar-refractivity contribution is 7.02. The van der Waals surface area contributed by atoms with Gasteiger partial charge in [0.1, 0.15) is 17.3 Å². The molecule has 6 aliphatic rings. The van der Waals surface area contributed by atoms with Crippen molar-refractivity contribution in [3.8, 4) is 39.4 Å². The number of hydrogen-bond donors (Lipinski definition) is 1. The van der Waals surface area contributed by atoms with E-state index in [0.717, 1.165) is 90.4 Å². The molecule has 1 atom stereocenters. The Kier molecular flexibility index (Phi) is 13.4. The maximum Gasteiger partial charge on any atom is 0.258 e. The SMILES string of the molecule is CCCCc1cc2c(n1-c1ccccc1)N(c1ccc3c(c1)C(C)(C)CCC3(C)C)c1cc(-c3c(C)cccc3C)cc3c1B2c1cc2c(cc1O3)N(c1ccccc1)c1cc(-c3c(C)cccc3C)cc3c1B2c1ccccc1N3c1ccc2c(c1)C(C)(N)CCC2(C)C. The van der Waals surface area contributed by atoms with Crippen LogP contribution in [-0.4, -0.2) is 18.0 Å². The lowest BCUT2D eigenvalue weighted by Crippen LogP contribution is -2.64. The van der Waals surface area contributed by atoms with E-state index in [9.17, 15) is 0 Å². The van der Waals surface area contributed by atoms with E-state index < -0.39 is 5.54 Å². The van der Waals surface area contributed by atoms with Crippen molar-refractivity contribution in [1.29, 1.82) is 0 Å². The minimum absolute atomic E-state index is 0.000319. The molecule has 1 aromatic heterocycles. The fourth-order valence-electron chi connectivity index (χ4n) is 18.1. The minimum atomic E-state index is -0.481. The second kappa shape index (κ2) is 21.4. The molecule has 5 heterocycles. The van der Waals surface area contributed by atoms with Gasteiger partial charge in [0.15, 0.2) is 0 Å². The van der Waals surface area contributed by atoms with Crippen LogP contribution in [0.5, 0.6) is 11.5 Å². The first-order valence-electron chi connectivity index (χ1n) is 35.0. The van der Waals surface area contributed by atoms with Gasteiger partial charge in [-0.3, -0.25) is 4.90 Å². The first kappa shape index (κ1) is 59.5. The molecule has 2 aliphatic carbocycles. The molecule has 0 fully saturated rings. The summed E-state index contributed by atoms with van der Waals surface area (Å²) < 4.78 is 10.5. The number of benzene rings is 10. The molecule has 0 radical (unpaired) electrons. The number of unbranched alkanes of at least 4 members (excludes halogenated alkanes) is 1. The first-order chi connectivity index (χ1) is 45.7. The van der Waals surface area contributed by atoms with Gasteiger partial charge in [0, 0.05) is 68.5 Å². The number of nitrogens with two attached hydrogens (primary N) is 1. The molecule has 0 amide bonds. The van der Waals surface area contributed by atoms with Gasteiger partial charge in [0.05, 0.1) is 0 Å². The smallest absolute Gasteiger partial charge is 0.258 e. The van der Waals surface area contributed by atoms with Gasteiger partial charge in [0.2, 0.25) is 0 Å². The quantitative estimate of drug-likeness (QED) is 0.146. The Hall–Kier alpha value is -9.23. The zero-order valence-corrected chi connectivity index (χ0v) is 57.4. The Bertz CT molecular complexity index is 4970. The highest BCUT2D eigenvalue weighted by Crippen LogP contribution is 2.54. The van der Waals surface area contributed by atoms with E-state index in [2.05, 4.69) is 303 Å². The van der Waals surface area contributed by atoms with Gasteiger partial charge in [-0.05, 0) is 274 Å². The molecule has 0 saturated carbocycles. The summed E-state index contributed by atoms with van der Waals surface area (Å²) in [6.45, 7) is 27.9. The third-order valence-corrected chi connectivity index (χ3v) is 23.2. The molecule has 95 heavy (non-hydrogen) atoms. The van der Waals surface area contributed by atoms with Crippen molar-refractivity contribution < 1.29 is 4.74 Å². The molecule has 470 valence electrons. The van der Waals surface area contributed by atoms with Crippen LogP contribution in [0.4, 0.5) is 51.3 Å². The fourth-order valence-corrected chi connectivity index (χ4v) is 18.1. The summed E-state index contributed by atoms with van der Waals surface area (Å²) in [6, 6.07) is 77.3. The predicted molar refractivity (Wildman–Crippen MR) is 403 cm³/mol. The predicted octanol–water partition coefficient (Wildman–Crippen LogP) is 18.5. The van der Waals surface area contributed by atoms with Crippen LogP contribution >= 0.6 is 0 Å². The van der Waals surface area contributed by atoms with Crippen molar-refractivity contribution in [2.75, 3.05) is 14.7 Å². The fraction of sp³-hybridized carbons (Fsp3) is 0.264. The van der Waals surface area contributed by atoms with E-state index >= 15 is 0 Å². The van der Waals surface area contributed by atoms with Crippen LogP contribution in [0.15, 0.2) is 200 Å². The number of fused-ring (bicyclic) bond motifs is 10. The molecule has 0 bridgehead atoms. The van der Waals surface area contributed by atoms with Crippen LogP contribution in [-0.2, 0) is 28.2 Å². The number of hydrogen-bond acceptors (Lipinski definition) is 5. The number of para-hydroxylation sites is 3. The molecule has 10 aromatic carbocycles.